The number of alkyl halides is 5. The van der Waals surface area contributed by atoms with Crippen LogP contribution in [0.5, 0.6) is 0 Å². The molecule has 0 unspecified atom stereocenters. The van der Waals surface area contributed by atoms with E-state index in [1.807, 2.05) is 0 Å². The Morgan fingerprint density at radius 3 is 1.93 bits per heavy atom. The second-order valence-electron chi connectivity index (χ2n) is 2.99. The first kappa shape index (κ1) is 12.2. The first-order chi connectivity index (χ1) is 6.79. The van der Waals surface area contributed by atoms with E-state index in [2.05, 4.69) is 0 Å². The molecule has 0 atom stereocenters. The fraction of sp³-hybridized carbons (Fsp3) is 0.333. The van der Waals surface area contributed by atoms with Crippen LogP contribution in [0.4, 0.5) is 22.0 Å². The van der Waals surface area contributed by atoms with Gasteiger partial charge in [0.05, 0.1) is 0 Å². The molecule has 0 fully saturated rings. The largest absolute Gasteiger partial charge is 0.394 e. The molecule has 0 amide bonds. The van der Waals surface area contributed by atoms with E-state index in [0.29, 0.717) is 0 Å². The monoisotopic (exact) mass is 238 g/mol. The highest BCUT2D eigenvalue weighted by Crippen LogP contribution is 2.30. The Kier molecular flexibility index (Phi) is 3.49. The van der Waals surface area contributed by atoms with Gasteiger partial charge in [-0.05, 0) is 0 Å². The van der Waals surface area contributed by atoms with Gasteiger partial charge in [-0.2, -0.15) is 13.2 Å². The summed E-state index contributed by atoms with van der Waals surface area (Å²) >= 11 is 0. The van der Waals surface area contributed by atoms with E-state index in [1.54, 1.807) is 6.07 Å². The highest BCUT2D eigenvalue weighted by atomic mass is 28.2. The summed E-state index contributed by atoms with van der Waals surface area (Å²) in [6, 6.07) is 7.44. The second kappa shape index (κ2) is 4.30. The zero-order valence-electron chi connectivity index (χ0n) is 7.48. The molecule has 15 heavy (non-hydrogen) atoms. The number of halogens is 5. The van der Waals surface area contributed by atoms with Gasteiger partial charge in [0, 0.05) is 0 Å². The van der Waals surface area contributed by atoms with Crippen molar-refractivity contribution >= 4 is 14.7 Å². The number of benzene rings is 1. The zero-order valence-corrected chi connectivity index (χ0v) is 8.48. The number of hydrogen-bond acceptors (Lipinski definition) is 0. The molecule has 0 aliphatic heterocycles. The van der Waals surface area contributed by atoms with Crippen molar-refractivity contribution in [1.82, 2.24) is 0 Å². The van der Waals surface area contributed by atoms with Gasteiger partial charge in [-0.3, -0.25) is 0 Å². The fourth-order valence-corrected chi connectivity index (χ4v) is 2.10. The van der Waals surface area contributed by atoms with E-state index >= 15 is 0 Å². The van der Waals surface area contributed by atoms with Gasteiger partial charge in [0.1, 0.15) is 6.42 Å². The predicted molar refractivity (Wildman–Crippen MR) is 47.4 cm³/mol. The SMILES string of the molecule is FC(F)(F)CC(F)(F)[Si]c1ccccc1. The van der Waals surface area contributed by atoms with E-state index in [-0.39, 0.29) is 5.19 Å². The Bertz CT molecular complexity index is 306. The van der Waals surface area contributed by atoms with Crippen LogP contribution in [0.15, 0.2) is 30.3 Å². The Hall–Kier alpha value is -0.913. The van der Waals surface area contributed by atoms with Gasteiger partial charge in [0.25, 0.3) is 0 Å². The summed E-state index contributed by atoms with van der Waals surface area (Å²) in [6.45, 7) is 0. The average molecular weight is 238 g/mol. The standard InChI is InChI=1S/C9H7F5Si/c10-8(11,12)6-9(13,14)15-7-4-2-1-3-5-7/h1-5H,6H2. The van der Waals surface area contributed by atoms with Crippen molar-refractivity contribution in [1.29, 1.82) is 0 Å². The molecule has 1 aromatic carbocycles. The van der Waals surface area contributed by atoms with Crippen molar-refractivity contribution in [2.75, 3.05) is 0 Å². The summed E-state index contributed by atoms with van der Waals surface area (Å²) in [5, 5.41) is 0.228. The molecular formula is C9H7F5Si. The first-order valence-corrected chi connectivity index (χ1v) is 5.06. The summed E-state index contributed by atoms with van der Waals surface area (Å²) in [5.74, 6) is 0. The van der Waals surface area contributed by atoms with Crippen molar-refractivity contribution in [3.05, 3.63) is 30.3 Å². The number of rotatable bonds is 3. The van der Waals surface area contributed by atoms with E-state index in [1.165, 1.54) is 24.3 Å². The molecule has 0 saturated carbocycles. The van der Waals surface area contributed by atoms with Crippen LogP contribution in [-0.4, -0.2) is 21.2 Å². The summed E-state index contributed by atoms with van der Waals surface area (Å²) in [6.07, 6.45) is -6.89. The summed E-state index contributed by atoms with van der Waals surface area (Å²) in [7, 11) is -1.15. The van der Waals surface area contributed by atoms with Crippen molar-refractivity contribution in [2.24, 2.45) is 0 Å². The maximum Gasteiger partial charge on any atom is 0.394 e. The minimum atomic E-state index is -4.83. The van der Waals surface area contributed by atoms with Gasteiger partial charge in [-0.1, -0.05) is 35.5 Å². The smallest absolute Gasteiger partial charge is 0.212 e. The van der Waals surface area contributed by atoms with Crippen molar-refractivity contribution < 1.29 is 22.0 Å². The minimum absolute atomic E-state index is 0.228. The fourth-order valence-electron chi connectivity index (χ4n) is 1.03. The quantitative estimate of drug-likeness (QED) is 0.561. The zero-order chi connectivity index (χ0) is 11.5. The Balaban J connectivity index is 2.65. The molecule has 0 N–H and O–H groups in total. The van der Waals surface area contributed by atoms with Crippen LogP contribution >= 0.6 is 0 Å². The molecule has 0 nitrogen and oxygen atoms in total. The molecule has 0 heterocycles. The lowest BCUT2D eigenvalue weighted by atomic mass is 10.4. The molecule has 1 aromatic rings. The normalized spacial score (nSPS) is 12.9. The van der Waals surface area contributed by atoms with Crippen LogP contribution in [0.2, 0.25) is 0 Å². The Morgan fingerprint density at radius 1 is 0.933 bits per heavy atom. The lowest BCUT2D eigenvalue weighted by molar-refractivity contribution is -0.167. The second-order valence-corrected chi connectivity index (χ2v) is 4.55. The van der Waals surface area contributed by atoms with Crippen molar-refractivity contribution in [3.8, 4) is 0 Å². The van der Waals surface area contributed by atoms with Crippen molar-refractivity contribution in [2.45, 2.75) is 18.1 Å². The van der Waals surface area contributed by atoms with Gasteiger partial charge in [-0.15, -0.1) is 0 Å². The molecular weight excluding hydrogens is 231 g/mol. The van der Waals surface area contributed by atoms with E-state index in [9.17, 15) is 22.0 Å². The molecule has 2 radical (unpaired) electrons. The lowest BCUT2D eigenvalue weighted by Crippen LogP contribution is -2.38. The third-order valence-corrected chi connectivity index (χ3v) is 2.69. The van der Waals surface area contributed by atoms with Crippen LogP contribution in [0.25, 0.3) is 0 Å². The van der Waals surface area contributed by atoms with Crippen LogP contribution < -0.4 is 5.19 Å². The van der Waals surface area contributed by atoms with E-state index < -0.39 is 27.7 Å². The van der Waals surface area contributed by atoms with Gasteiger partial charge in [0.15, 0.2) is 9.52 Å². The van der Waals surface area contributed by atoms with Crippen LogP contribution in [0.1, 0.15) is 6.42 Å². The Labute approximate surface area is 85.9 Å². The third kappa shape index (κ3) is 4.92. The molecule has 0 bridgehead atoms. The minimum Gasteiger partial charge on any atom is -0.212 e. The molecule has 0 spiro atoms. The highest BCUT2D eigenvalue weighted by Gasteiger charge is 2.43. The molecule has 1 rings (SSSR count). The van der Waals surface area contributed by atoms with Crippen LogP contribution in [-0.2, 0) is 0 Å². The van der Waals surface area contributed by atoms with Gasteiger partial charge >= 0.3 is 6.18 Å². The van der Waals surface area contributed by atoms with E-state index in [0.717, 1.165) is 0 Å². The number of hydrogen-bond donors (Lipinski definition) is 0. The molecule has 0 saturated heterocycles. The Morgan fingerprint density at radius 2 is 1.47 bits per heavy atom. The molecule has 0 aliphatic rings. The average Bonchev–Trinajstić information content (AvgIpc) is 1.99. The highest BCUT2D eigenvalue weighted by molar-refractivity contribution is 6.55. The molecule has 0 aliphatic carbocycles. The maximum atomic E-state index is 12.9. The summed E-state index contributed by atoms with van der Waals surface area (Å²) < 4.78 is 61.1. The molecule has 0 aromatic heterocycles. The van der Waals surface area contributed by atoms with E-state index in [4.69, 9.17) is 0 Å². The van der Waals surface area contributed by atoms with Crippen LogP contribution in [0, 0.1) is 0 Å². The van der Waals surface area contributed by atoms with Gasteiger partial charge in [-0.25, -0.2) is 8.78 Å². The van der Waals surface area contributed by atoms with Crippen molar-refractivity contribution in [3.63, 3.8) is 0 Å². The van der Waals surface area contributed by atoms with Crippen LogP contribution in [0.3, 0.4) is 0 Å². The maximum absolute atomic E-state index is 12.9. The summed E-state index contributed by atoms with van der Waals surface area (Å²) in [4.78, 5) is 0. The first-order valence-electron chi connectivity index (χ1n) is 4.06. The molecule has 82 valence electrons. The lowest BCUT2D eigenvalue weighted by Gasteiger charge is -2.17. The topological polar surface area (TPSA) is 0 Å². The van der Waals surface area contributed by atoms with Gasteiger partial charge in [0.2, 0.25) is 5.55 Å². The molecule has 6 heteroatoms. The summed E-state index contributed by atoms with van der Waals surface area (Å²) in [5.41, 5.74) is -3.71. The third-order valence-electron chi connectivity index (χ3n) is 1.52. The van der Waals surface area contributed by atoms with Gasteiger partial charge < -0.3 is 0 Å². The predicted octanol–water partition coefficient (Wildman–Crippen LogP) is 2.56.